The second-order valence-corrected chi connectivity index (χ2v) is 4.93. The predicted molar refractivity (Wildman–Crippen MR) is 75.0 cm³/mol. The Kier molecular flexibility index (Phi) is 3.87. The van der Waals surface area contributed by atoms with Crippen molar-refractivity contribution >= 4 is 17.3 Å². The number of anilines is 2. The van der Waals surface area contributed by atoms with Crippen LogP contribution >= 0.6 is 0 Å². The zero-order valence-electron chi connectivity index (χ0n) is 11.1. The first-order valence-corrected chi connectivity index (χ1v) is 6.52. The van der Waals surface area contributed by atoms with Crippen molar-refractivity contribution in [2.45, 2.75) is 26.2 Å². The van der Waals surface area contributed by atoms with Gasteiger partial charge < -0.3 is 16.0 Å². The Balaban J connectivity index is 2.49. The van der Waals surface area contributed by atoms with E-state index in [4.69, 9.17) is 5.73 Å². The van der Waals surface area contributed by atoms with Crippen molar-refractivity contribution in [2.24, 2.45) is 5.73 Å². The predicted octanol–water partition coefficient (Wildman–Crippen LogP) is 1.92. The maximum absolute atomic E-state index is 11.9. The number of amides is 1. The minimum absolute atomic E-state index is 0.0131. The van der Waals surface area contributed by atoms with Gasteiger partial charge in [0.2, 0.25) is 5.91 Å². The van der Waals surface area contributed by atoms with Crippen LogP contribution in [0.3, 0.4) is 0 Å². The zero-order valence-corrected chi connectivity index (χ0v) is 11.1. The van der Waals surface area contributed by atoms with Gasteiger partial charge in [0.25, 0.3) is 0 Å². The fourth-order valence-corrected chi connectivity index (χ4v) is 2.40. The molecule has 98 valence electrons. The van der Waals surface area contributed by atoms with Crippen molar-refractivity contribution in [3.63, 3.8) is 0 Å². The molecule has 1 aliphatic heterocycles. The van der Waals surface area contributed by atoms with E-state index >= 15 is 0 Å². The first-order valence-electron chi connectivity index (χ1n) is 6.52. The Hall–Kier alpha value is -1.55. The van der Waals surface area contributed by atoms with E-state index < -0.39 is 0 Å². The van der Waals surface area contributed by atoms with Crippen LogP contribution in [0.5, 0.6) is 0 Å². The van der Waals surface area contributed by atoms with Gasteiger partial charge in [-0.3, -0.25) is 4.79 Å². The first-order chi connectivity index (χ1) is 8.65. The summed E-state index contributed by atoms with van der Waals surface area (Å²) in [5.41, 5.74) is 8.81. The Morgan fingerprint density at radius 1 is 1.50 bits per heavy atom. The number of hydrogen-bond acceptors (Lipinski definition) is 3. The van der Waals surface area contributed by atoms with E-state index in [-0.39, 0.29) is 12.5 Å². The van der Waals surface area contributed by atoms with E-state index in [0.29, 0.717) is 5.92 Å². The maximum Gasteiger partial charge on any atom is 0.240 e. The van der Waals surface area contributed by atoms with Crippen molar-refractivity contribution in [3.8, 4) is 0 Å². The molecule has 18 heavy (non-hydrogen) atoms. The lowest BCUT2D eigenvalue weighted by Gasteiger charge is -2.24. The van der Waals surface area contributed by atoms with Crippen LogP contribution < -0.4 is 16.0 Å². The molecule has 2 rings (SSSR count). The molecule has 1 aliphatic rings. The normalized spacial score (nSPS) is 15.0. The number of nitrogens with zero attached hydrogens (tertiary/aromatic N) is 1. The first kappa shape index (κ1) is 12.9. The largest absolute Gasteiger partial charge is 0.383 e. The Morgan fingerprint density at radius 3 is 2.94 bits per heavy atom. The Morgan fingerprint density at radius 2 is 2.28 bits per heavy atom. The number of benzene rings is 1. The van der Waals surface area contributed by atoms with Gasteiger partial charge in [-0.25, -0.2) is 0 Å². The molecule has 0 unspecified atom stereocenters. The molecule has 4 heteroatoms. The summed E-state index contributed by atoms with van der Waals surface area (Å²) in [6.07, 6.45) is 0.942. The van der Waals surface area contributed by atoms with Crippen LogP contribution in [0.2, 0.25) is 0 Å². The maximum atomic E-state index is 11.9. The lowest BCUT2D eigenvalue weighted by molar-refractivity contribution is -0.117. The van der Waals surface area contributed by atoms with E-state index in [9.17, 15) is 4.79 Å². The standard InChI is InChI=1S/C14H21N3O/c1-10(2)11-5-3-6-12-14(11)16-7-4-8-17(12)13(18)9-15/h3,5-6,10,16H,4,7-9,15H2,1-2H3. The van der Waals surface area contributed by atoms with E-state index in [0.717, 1.165) is 30.9 Å². The van der Waals surface area contributed by atoms with Crippen LogP contribution in [0.1, 0.15) is 31.7 Å². The highest BCUT2D eigenvalue weighted by atomic mass is 16.2. The van der Waals surface area contributed by atoms with Crippen LogP contribution in [-0.4, -0.2) is 25.5 Å². The molecule has 1 amide bonds. The van der Waals surface area contributed by atoms with Gasteiger partial charge in [0.1, 0.15) is 0 Å². The van der Waals surface area contributed by atoms with Crippen LogP contribution in [0.15, 0.2) is 18.2 Å². The SMILES string of the molecule is CC(C)c1cccc2c1NCCCN2C(=O)CN. The average molecular weight is 247 g/mol. The highest BCUT2D eigenvalue weighted by Gasteiger charge is 2.22. The van der Waals surface area contributed by atoms with Gasteiger partial charge in [-0.2, -0.15) is 0 Å². The molecule has 0 bridgehead atoms. The quantitative estimate of drug-likeness (QED) is 0.839. The van der Waals surface area contributed by atoms with Crippen molar-refractivity contribution in [3.05, 3.63) is 23.8 Å². The van der Waals surface area contributed by atoms with Gasteiger partial charge >= 0.3 is 0 Å². The lowest BCUT2D eigenvalue weighted by Crippen LogP contribution is -2.36. The molecule has 1 aromatic carbocycles. The number of rotatable bonds is 2. The Labute approximate surface area is 108 Å². The molecule has 0 atom stereocenters. The third-order valence-corrected chi connectivity index (χ3v) is 3.32. The van der Waals surface area contributed by atoms with Crippen LogP contribution in [0.25, 0.3) is 0 Å². The van der Waals surface area contributed by atoms with Gasteiger partial charge in [-0.15, -0.1) is 0 Å². The zero-order chi connectivity index (χ0) is 13.1. The van der Waals surface area contributed by atoms with E-state index in [1.54, 1.807) is 4.90 Å². The summed E-state index contributed by atoms with van der Waals surface area (Å²) < 4.78 is 0. The van der Waals surface area contributed by atoms with E-state index in [2.05, 4.69) is 25.2 Å². The molecule has 0 radical (unpaired) electrons. The van der Waals surface area contributed by atoms with E-state index in [1.807, 2.05) is 12.1 Å². The highest BCUT2D eigenvalue weighted by molar-refractivity contribution is 5.98. The number of nitrogens with one attached hydrogen (secondary N) is 1. The number of hydrogen-bond donors (Lipinski definition) is 2. The number of fused-ring (bicyclic) bond motifs is 1. The fourth-order valence-electron chi connectivity index (χ4n) is 2.40. The minimum atomic E-state index is -0.0131. The number of carbonyl (C=O) groups is 1. The van der Waals surface area contributed by atoms with Gasteiger partial charge in [0.15, 0.2) is 0 Å². The molecule has 0 aliphatic carbocycles. The highest BCUT2D eigenvalue weighted by Crippen LogP contribution is 2.35. The summed E-state index contributed by atoms with van der Waals surface area (Å²) in [4.78, 5) is 13.7. The molecule has 0 saturated carbocycles. The molecule has 0 aromatic heterocycles. The van der Waals surface area contributed by atoms with Crippen LogP contribution in [0, 0.1) is 0 Å². The van der Waals surface area contributed by atoms with Crippen LogP contribution in [0.4, 0.5) is 11.4 Å². The molecule has 0 spiro atoms. The van der Waals surface area contributed by atoms with Gasteiger partial charge in [-0.1, -0.05) is 26.0 Å². The summed E-state index contributed by atoms with van der Waals surface area (Å²) in [6.45, 7) is 6.02. The summed E-state index contributed by atoms with van der Waals surface area (Å²) in [6, 6.07) is 6.12. The molecule has 0 saturated heterocycles. The average Bonchev–Trinajstić information content (AvgIpc) is 2.59. The third kappa shape index (κ3) is 2.34. The minimum Gasteiger partial charge on any atom is -0.383 e. The number of carbonyl (C=O) groups excluding carboxylic acids is 1. The smallest absolute Gasteiger partial charge is 0.240 e. The lowest BCUT2D eigenvalue weighted by atomic mass is 9.99. The molecule has 0 fully saturated rings. The van der Waals surface area contributed by atoms with Gasteiger partial charge in [-0.05, 0) is 24.0 Å². The molecule has 1 aromatic rings. The third-order valence-electron chi connectivity index (χ3n) is 3.32. The van der Waals surface area contributed by atoms with Crippen molar-refractivity contribution in [2.75, 3.05) is 29.9 Å². The summed E-state index contributed by atoms with van der Waals surface area (Å²) >= 11 is 0. The van der Waals surface area contributed by atoms with Crippen LogP contribution in [-0.2, 0) is 4.79 Å². The van der Waals surface area contributed by atoms with E-state index in [1.165, 1.54) is 5.56 Å². The van der Waals surface area contributed by atoms with Gasteiger partial charge in [0.05, 0.1) is 17.9 Å². The number of para-hydroxylation sites is 1. The van der Waals surface area contributed by atoms with Crippen molar-refractivity contribution in [1.29, 1.82) is 0 Å². The molecule has 3 N–H and O–H groups in total. The number of nitrogens with two attached hydrogens (primary N) is 1. The molecule has 4 nitrogen and oxygen atoms in total. The topological polar surface area (TPSA) is 58.4 Å². The second-order valence-electron chi connectivity index (χ2n) is 4.93. The fraction of sp³-hybridized carbons (Fsp3) is 0.500. The monoisotopic (exact) mass is 247 g/mol. The molecule has 1 heterocycles. The molecular weight excluding hydrogens is 226 g/mol. The Bertz CT molecular complexity index is 443. The molecular formula is C14H21N3O. The summed E-state index contributed by atoms with van der Waals surface area (Å²) in [5.74, 6) is 0.418. The van der Waals surface area contributed by atoms with Crippen molar-refractivity contribution in [1.82, 2.24) is 0 Å². The van der Waals surface area contributed by atoms with Gasteiger partial charge in [0, 0.05) is 13.1 Å². The second kappa shape index (κ2) is 5.40. The van der Waals surface area contributed by atoms with Crippen molar-refractivity contribution < 1.29 is 4.79 Å². The summed E-state index contributed by atoms with van der Waals surface area (Å²) in [7, 11) is 0. The summed E-state index contributed by atoms with van der Waals surface area (Å²) in [5, 5.41) is 3.45.